The molecule has 41 heavy (non-hydrogen) atoms. The van der Waals surface area contributed by atoms with Crippen LogP contribution in [0.1, 0.15) is 48.2 Å². The van der Waals surface area contributed by atoms with E-state index in [1.54, 1.807) is 36.4 Å². The number of aromatic hydroxyl groups is 1. The van der Waals surface area contributed by atoms with Crippen LogP contribution in [0.3, 0.4) is 0 Å². The Labute approximate surface area is 240 Å². The Kier molecular flexibility index (Phi) is 10.2. The first-order chi connectivity index (χ1) is 19.9. The van der Waals surface area contributed by atoms with Crippen LogP contribution in [0.2, 0.25) is 0 Å². The summed E-state index contributed by atoms with van der Waals surface area (Å²) in [5.41, 5.74) is 3.60. The largest absolute Gasteiger partial charge is 0.507 e. The summed E-state index contributed by atoms with van der Waals surface area (Å²) in [4.78, 5) is 12.2. The van der Waals surface area contributed by atoms with Gasteiger partial charge in [-0.25, -0.2) is 9.18 Å². The van der Waals surface area contributed by atoms with E-state index in [1.807, 2.05) is 37.3 Å². The molecule has 214 valence electrons. The van der Waals surface area contributed by atoms with Crippen LogP contribution in [0.4, 0.5) is 4.39 Å². The second-order valence-corrected chi connectivity index (χ2v) is 9.46. The maximum Gasteiger partial charge on any atom is 0.341 e. The fourth-order valence-electron chi connectivity index (χ4n) is 4.53. The molecule has 0 saturated heterocycles. The molecule has 0 atom stereocenters. The number of hydrogen-bond acceptors (Lipinski definition) is 6. The number of methoxy groups -OCH3 is 1. The number of ether oxygens (including phenoxy) is 4. The average Bonchev–Trinajstić information content (AvgIpc) is 2.99. The predicted octanol–water partition coefficient (Wildman–Crippen LogP) is 8.14. The van der Waals surface area contributed by atoms with E-state index in [2.05, 4.69) is 6.92 Å². The van der Waals surface area contributed by atoms with Crippen LogP contribution in [0.15, 0.2) is 78.9 Å². The van der Waals surface area contributed by atoms with Gasteiger partial charge in [-0.15, -0.1) is 0 Å². The van der Waals surface area contributed by atoms with Crippen molar-refractivity contribution in [3.63, 3.8) is 0 Å². The maximum absolute atomic E-state index is 13.3. The van der Waals surface area contributed by atoms with Crippen LogP contribution in [0.25, 0.3) is 11.1 Å². The van der Waals surface area contributed by atoms with Gasteiger partial charge in [-0.1, -0.05) is 50.6 Å². The molecule has 7 heteroatoms. The van der Waals surface area contributed by atoms with Gasteiger partial charge in [0.15, 0.2) is 0 Å². The second-order valence-electron chi connectivity index (χ2n) is 9.46. The molecule has 0 aliphatic rings. The number of halogens is 1. The molecule has 0 bridgehead atoms. The van der Waals surface area contributed by atoms with E-state index in [4.69, 9.17) is 18.9 Å². The Morgan fingerprint density at radius 1 is 0.829 bits per heavy atom. The number of carbonyl (C=O) groups excluding carboxylic acids is 1. The summed E-state index contributed by atoms with van der Waals surface area (Å²) < 4.78 is 36.6. The minimum atomic E-state index is -0.463. The van der Waals surface area contributed by atoms with Crippen molar-refractivity contribution in [3.8, 4) is 39.9 Å². The number of para-hydroxylation sites is 1. The normalized spacial score (nSPS) is 10.7. The first-order valence-corrected chi connectivity index (χ1v) is 13.8. The van der Waals surface area contributed by atoms with E-state index in [1.165, 1.54) is 19.2 Å². The molecular formula is C34H35FO6. The second kappa shape index (κ2) is 14.2. The van der Waals surface area contributed by atoms with Gasteiger partial charge >= 0.3 is 5.97 Å². The lowest BCUT2D eigenvalue weighted by atomic mass is 10.00. The average molecular weight is 559 g/mol. The molecule has 0 saturated carbocycles. The van der Waals surface area contributed by atoms with Crippen molar-refractivity contribution in [2.24, 2.45) is 0 Å². The van der Waals surface area contributed by atoms with Crippen molar-refractivity contribution in [1.29, 1.82) is 0 Å². The molecular weight excluding hydrogens is 523 g/mol. The van der Waals surface area contributed by atoms with Crippen LogP contribution >= 0.6 is 0 Å². The topological polar surface area (TPSA) is 74.2 Å². The number of benzene rings is 4. The minimum absolute atomic E-state index is 0.0786. The molecule has 0 aliphatic carbocycles. The zero-order valence-electron chi connectivity index (χ0n) is 23.6. The van der Waals surface area contributed by atoms with Crippen molar-refractivity contribution in [2.45, 2.75) is 39.5 Å². The molecule has 1 N–H and O–H groups in total. The summed E-state index contributed by atoms with van der Waals surface area (Å²) in [6, 6.07) is 22.1. The molecule has 0 spiro atoms. The van der Waals surface area contributed by atoms with Crippen LogP contribution in [-0.2, 0) is 17.6 Å². The first kappa shape index (κ1) is 29.5. The highest BCUT2D eigenvalue weighted by molar-refractivity contribution is 5.92. The summed E-state index contributed by atoms with van der Waals surface area (Å²) >= 11 is 0. The Hall–Kier alpha value is -4.52. The van der Waals surface area contributed by atoms with Crippen LogP contribution in [0, 0.1) is 5.82 Å². The van der Waals surface area contributed by atoms with Crippen molar-refractivity contribution in [1.82, 2.24) is 0 Å². The van der Waals surface area contributed by atoms with Gasteiger partial charge in [0, 0.05) is 23.6 Å². The predicted molar refractivity (Wildman–Crippen MR) is 157 cm³/mol. The van der Waals surface area contributed by atoms with Gasteiger partial charge in [0.1, 0.15) is 40.1 Å². The molecule has 0 fully saturated rings. The summed E-state index contributed by atoms with van der Waals surface area (Å²) in [5.74, 6) is 1.67. The molecule has 4 rings (SSSR count). The molecule has 0 amide bonds. The highest BCUT2D eigenvalue weighted by Gasteiger charge is 2.17. The number of phenolic OH excluding ortho intramolecular Hbond substituents is 1. The van der Waals surface area contributed by atoms with E-state index >= 15 is 0 Å². The van der Waals surface area contributed by atoms with Gasteiger partial charge in [-0.05, 0) is 66.4 Å². The van der Waals surface area contributed by atoms with Crippen molar-refractivity contribution in [3.05, 3.63) is 101 Å². The van der Waals surface area contributed by atoms with E-state index < -0.39 is 5.97 Å². The lowest BCUT2D eigenvalue weighted by molar-refractivity contribution is 0.0598. The lowest BCUT2D eigenvalue weighted by Crippen LogP contribution is -2.08. The maximum atomic E-state index is 13.3. The number of carbonyl (C=O) groups is 1. The van der Waals surface area contributed by atoms with E-state index in [9.17, 15) is 14.3 Å². The third kappa shape index (κ3) is 7.37. The molecule has 4 aromatic carbocycles. The Morgan fingerprint density at radius 2 is 1.51 bits per heavy atom. The van der Waals surface area contributed by atoms with Gasteiger partial charge in [0.2, 0.25) is 0 Å². The van der Waals surface area contributed by atoms with Crippen molar-refractivity contribution in [2.75, 3.05) is 20.3 Å². The van der Waals surface area contributed by atoms with E-state index in [0.29, 0.717) is 54.4 Å². The van der Waals surface area contributed by atoms with Gasteiger partial charge in [-0.2, -0.15) is 0 Å². The number of rotatable bonds is 13. The highest BCUT2D eigenvalue weighted by Crippen LogP contribution is 2.37. The Balaban J connectivity index is 1.40. The van der Waals surface area contributed by atoms with Crippen LogP contribution in [-0.4, -0.2) is 31.4 Å². The molecule has 0 aliphatic heterocycles. The van der Waals surface area contributed by atoms with Gasteiger partial charge in [-0.3, -0.25) is 0 Å². The fraction of sp³-hybridized carbons (Fsp3) is 0.265. The van der Waals surface area contributed by atoms with E-state index in [0.717, 1.165) is 35.3 Å². The summed E-state index contributed by atoms with van der Waals surface area (Å²) in [5, 5.41) is 10.6. The van der Waals surface area contributed by atoms with Gasteiger partial charge in [0.25, 0.3) is 0 Å². The first-order valence-electron chi connectivity index (χ1n) is 13.8. The zero-order chi connectivity index (χ0) is 29.2. The summed E-state index contributed by atoms with van der Waals surface area (Å²) in [6.07, 6.45) is 2.95. The number of phenols is 1. The number of esters is 1. The van der Waals surface area contributed by atoms with Gasteiger partial charge < -0.3 is 24.1 Å². The van der Waals surface area contributed by atoms with Crippen LogP contribution in [0.5, 0.6) is 28.7 Å². The van der Waals surface area contributed by atoms with Crippen molar-refractivity contribution < 1.29 is 33.2 Å². The molecule has 0 aromatic heterocycles. The SMILES string of the molecule is CCCc1c(OCCCOc2cc(O)c(-c3ccc(F)cc3)cc2CC)cccc1Oc1ccccc1C(=O)OC. The summed E-state index contributed by atoms with van der Waals surface area (Å²) in [7, 11) is 1.34. The molecule has 0 radical (unpaired) electrons. The highest BCUT2D eigenvalue weighted by atomic mass is 19.1. The Morgan fingerprint density at radius 3 is 2.22 bits per heavy atom. The third-order valence-electron chi connectivity index (χ3n) is 6.62. The Bertz CT molecular complexity index is 1470. The van der Waals surface area contributed by atoms with Crippen LogP contribution < -0.4 is 14.2 Å². The standard InChI is InChI=1S/C34H35FO6/c1-4-10-26-30(13-8-14-31(26)41-32-12-7-6-11-27(32)34(37)38-3)39-19-9-20-40-33-22-29(36)28(21-23(33)5-2)24-15-17-25(35)18-16-24/h6-8,11-18,21-22,36H,4-5,9-10,19-20H2,1-3H3. The minimum Gasteiger partial charge on any atom is -0.507 e. The molecule has 0 heterocycles. The number of hydrogen-bond donors (Lipinski definition) is 1. The lowest BCUT2D eigenvalue weighted by Gasteiger charge is -2.17. The number of aryl methyl sites for hydroxylation is 1. The van der Waals surface area contributed by atoms with Gasteiger partial charge in [0.05, 0.1) is 20.3 Å². The third-order valence-corrected chi connectivity index (χ3v) is 6.62. The molecule has 4 aromatic rings. The smallest absolute Gasteiger partial charge is 0.341 e. The quantitative estimate of drug-likeness (QED) is 0.132. The molecule has 0 unspecified atom stereocenters. The molecule has 6 nitrogen and oxygen atoms in total. The van der Waals surface area contributed by atoms with E-state index in [-0.39, 0.29) is 11.6 Å². The van der Waals surface area contributed by atoms with Crippen molar-refractivity contribution >= 4 is 5.97 Å². The fourth-order valence-corrected chi connectivity index (χ4v) is 4.53. The summed E-state index contributed by atoms with van der Waals surface area (Å²) in [6.45, 7) is 4.91. The monoisotopic (exact) mass is 558 g/mol. The zero-order valence-corrected chi connectivity index (χ0v) is 23.6.